The lowest BCUT2D eigenvalue weighted by molar-refractivity contribution is -0.122. The Morgan fingerprint density at radius 1 is 1.36 bits per heavy atom. The van der Waals surface area contributed by atoms with Crippen LogP contribution < -0.4 is 5.73 Å². The first-order chi connectivity index (χ1) is 10.5. The second kappa shape index (κ2) is 5.36. The number of nitrogens with two attached hydrogens (primary N) is 1. The Kier molecular flexibility index (Phi) is 3.52. The summed E-state index contributed by atoms with van der Waals surface area (Å²) in [5.41, 5.74) is 6.03. The van der Waals surface area contributed by atoms with E-state index in [1.165, 1.54) is 12.1 Å². The number of aromatic nitrogens is 1. The number of halogens is 1. The lowest BCUT2D eigenvalue weighted by Gasteiger charge is -2.17. The van der Waals surface area contributed by atoms with Crippen molar-refractivity contribution in [3.05, 3.63) is 41.8 Å². The molecule has 1 aromatic carbocycles. The molecule has 0 unspecified atom stereocenters. The molecule has 2 amide bonds. The summed E-state index contributed by atoms with van der Waals surface area (Å²) in [6.45, 7) is 2.57. The summed E-state index contributed by atoms with van der Waals surface area (Å²) in [4.78, 5) is 29.8. The monoisotopic (exact) mass is 301 g/mol. The van der Waals surface area contributed by atoms with Gasteiger partial charge in [-0.3, -0.25) is 14.6 Å². The maximum absolute atomic E-state index is 13.8. The first-order valence-electron chi connectivity index (χ1n) is 7.10. The van der Waals surface area contributed by atoms with Gasteiger partial charge in [-0.05, 0) is 24.1 Å². The van der Waals surface area contributed by atoms with Crippen molar-refractivity contribution in [1.82, 2.24) is 9.88 Å². The summed E-state index contributed by atoms with van der Waals surface area (Å²) in [6.07, 6.45) is 1.57. The number of carbonyl (C=O) groups excluding carboxylic acids is 2. The van der Waals surface area contributed by atoms with E-state index >= 15 is 0 Å². The Morgan fingerprint density at radius 3 is 2.82 bits per heavy atom. The molecule has 22 heavy (non-hydrogen) atoms. The van der Waals surface area contributed by atoms with Crippen molar-refractivity contribution >= 4 is 22.7 Å². The van der Waals surface area contributed by atoms with Crippen LogP contribution in [0.3, 0.4) is 0 Å². The average molecular weight is 301 g/mol. The molecule has 0 saturated carbocycles. The third-order valence-electron chi connectivity index (χ3n) is 4.17. The lowest BCUT2D eigenvalue weighted by atomic mass is 9.98. The highest BCUT2D eigenvalue weighted by molar-refractivity contribution is 6.05. The Bertz CT molecular complexity index is 762. The van der Waals surface area contributed by atoms with E-state index in [4.69, 9.17) is 5.73 Å². The molecule has 1 aliphatic heterocycles. The van der Waals surface area contributed by atoms with Crippen molar-refractivity contribution in [2.24, 2.45) is 17.6 Å². The Labute approximate surface area is 126 Å². The molecule has 0 aliphatic carbocycles. The third-order valence-corrected chi connectivity index (χ3v) is 4.17. The van der Waals surface area contributed by atoms with Crippen LogP contribution in [0.5, 0.6) is 0 Å². The van der Waals surface area contributed by atoms with E-state index in [1.807, 2.05) is 6.92 Å². The molecule has 0 spiro atoms. The van der Waals surface area contributed by atoms with Gasteiger partial charge < -0.3 is 10.6 Å². The number of fused-ring (bicyclic) bond motifs is 1. The van der Waals surface area contributed by atoms with Crippen LogP contribution in [0.25, 0.3) is 10.9 Å². The summed E-state index contributed by atoms with van der Waals surface area (Å²) >= 11 is 0. The first-order valence-corrected chi connectivity index (χ1v) is 7.10. The minimum absolute atomic E-state index is 0.00534. The molecular formula is C16H16FN3O2. The standard InChI is InChI=1S/C16H16FN3O2/c1-9-7-20(8-13(9)15(18)21)16(22)12-6-11(17)5-10-3-2-4-19-14(10)12/h2-6,9,13H,7-8H2,1H3,(H2,18,21)/t9-,13-/m1/s1. The fraction of sp³-hybridized carbons (Fsp3) is 0.312. The molecule has 3 rings (SSSR count). The zero-order valence-electron chi connectivity index (χ0n) is 12.1. The van der Waals surface area contributed by atoms with Crippen molar-refractivity contribution in [1.29, 1.82) is 0 Å². The van der Waals surface area contributed by atoms with Crippen LogP contribution in [0.2, 0.25) is 0 Å². The number of carbonyl (C=O) groups is 2. The van der Waals surface area contributed by atoms with E-state index in [-0.39, 0.29) is 29.9 Å². The molecule has 0 radical (unpaired) electrons. The van der Waals surface area contributed by atoms with Crippen LogP contribution in [0.4, 0.5) is 4.39 Å². The van der Waals surface area contributed by atoms with E-state index in [0.29, 0.717) is 17.4 Å². The van der Waals surface area contributed by atoms with Crippen molar-refractivity contribution in [3.8, 4) is 0 Å². The maximum Gasteiger partial charge on any atom is 0.256 e. The Morgan fingerprint density at radius 2 is 2.14 bits per heavy atom. The van der Waals surface area contributed by atoms with Crippen LogP contribution >= 0.6 is 0 Å². The van der Waals surface area contributed by atoms with Gasteiger partial charge in [0.25, 0.3) is 5.91 Å². The number of hydrogen-bond acceptors (Lipinski definition) is 3. The smallest absolute Gasteiger partial charge is 0.256 e. The highest BCUT2D eigenvalue weighted by atomic mass is 19.1. The molecule has 2 aromatic rings. The van der Waals surface area contributed by atoms with Crippen molar-refractivity contribution < 1.29 is 14.0 Å². The largest absolute Gasteiger partial charge is 0.369 e. The maximum atomic E-state index is 13.8. The van der Waals surface area contributed by atoms with Gasteiger partial charge in [-0.25, -0.2) is 4.39 Å². The van der Waals surface area contributed by atoms with Gasteiger partial charge in [-0.1, -0.05) is 13.0 Å². The Hall–Kier alpha value is -2.50. The molecular weight excluding hydrogens is 285 g/mol. The molecule has 1 fully saturated rings. The molecule has 6 heteroatoms. The van der Waals surface area contributed by atoms with Crippen LogP contribution in [0.15, 0.2) is 30.5 Å². The third kappa shape index (κ3) is 2.41. The SMILES string of the molecule is C[C@@H]1CN(C(=O)c2cc(F)cc3cccnc23)C[C@H]1C(N)=O. The molecule has 114 valence electrons. The van der Waals surface area contributed by atoms with Crippen molar-refractivity contribution in [2.75, 3.05) is 13.1 Å². The molecule has 2 heterocycles. The normalized spacial score (nSPS) is 21.3. The van der Waals surface area contributed by atoms with E-state index in [1.54, 1.807) is 23.2 Å². The second-order valence-electron chi connectivity index (χ2n) is 5.72. The lowest BCUT2D eigenvalue weighted by Crippen LogP contribution is -2.32. The summed E-state index contributed by atoms with van der Waals surface area (Å²) in [5.74, 6) is -1.59. The minimum atomic E-state index is -0.484. The number of amides is 2. The topological polar surface area (TPSA) is 76.3 Å². The van der Waals surface area contributed by atoms with Gasteiger partial charge in [0.1, 0.15) is 5.82 Å². The first kappa shape index (κ1) is 14.4. The van der Waals surface area contributed by atoms with Crippen LogP contribution in [0, 0.1) is 17.7 Å². The number of hydrogen-bond donors (Lipinski definition) is 1. The van der Waals surface area contributed by atoms with E-state index in [9.17, 15) is 14.0 Å². The van der Waals surface area contributed by atoms with Crippen molar-refractivity contribution in [2.45, 2.75) is 6.92 Å². The van der Waals surface area contributed by atoms with Crippen LogP contribution in [0.1, 0.15) is 17.3 Å². The van der Waals surface area contributed by atoms with Gasteiger partial charge in [0.05, 0.1) is 17.0 Å². The molecule has 0 bridgehead atoms. The van der Waals surface area contributed by atoms with Gasteiger partial charge >= 0.3 is 0 Å². The number of pyridine rings is 1. The number of rotatable bonds is 2. The zero-order valence-corrected chi connectivity index (χ0v) is 12.1. The number of benzene rings is 1. The number of primary amides is 1. The summed E-state index contributed by atoms with van der Waals surface area (Å²) in [6, 6.07) is 5.94. The highest BCUT2D eigenvalue weighted by Gasteiger charge is 2.36. The van der Waals surface area contributed by atoms with Gasteiger partial charge in [-0.2, -0.15) is 0 Å². The fourth-order valence-corrected chi connectivity index (χ4v) is 2.99. The zero-order chi connectivity index (χ0) is 15.9. The van der Waals surface area contributed by atoms with Gasteiger partial charge in [0, 0.05) is 24.7 Å². The summed E-state index contributed by atoms with van der Waals surface area (Å²) in [7, 11) is 0. The fourth-order valence-electron chi connectivity index (χ4n) is 2.99. The molecule has 2 N–H and O–H groups in total. The number of likely N-dealkylation sites (tertiary alicyclic amines) is 1. The molecule has 2 atom stereocenters. The molecule has 1 saturated heterocycles. The quantitative estimate of drug-likeness (QED) is 0.914. The van der Waals surface area contributed by atoms with E-state index in [2.05, 4.69) is 4.98 Å². The molecule has 1 aliphatic rings. The highest BCUT2D eigenvalue weighted by Crippen LogP contribution is 2.26. The van der Waals surface area contributed by atoms with E-state index in [0.717, 1.165) is 0 Å². The van der Waals surface area contributed by atoms with E-state index < -0.39 is 11.7 Å². The van der Waals surface area contributed by atoms with Crippen LogP contribution in [-0.4, -0.2) is 34.8 Å². The predicted octanol–water partition coefficient (Wildman–Crippen LogP) is 1.57. The molecule has 5 nitrogen and oxygen atoms in total. The van der Waals surface area contributed by atoms with Crippen molar-refractivity contribution in [3.63, 3.8) is 0 Å². The summed E-state index contributed by atoms with van der Waals surface area (Å²) < 4.78 is 13.8. The van der Waals surface area contributed by atoms with Gasteiger partial charge in [-0.15, -0.1) is 0 Å². The van der Waals surface area contributed by atoms with Crippen LogP contribution in [-0.2, 0) is 4.79 Å². The second-order valence-corrected chi connectivity index (χ2v) is 5.72. The van der Waals surface area contributed by atoms with Gasteiger partial charge in [0.2, 0.25) is 5.91 Å². The average Bonchev–Trinajstić information content (AvgIpc) is 2.87. The number of nitrogens with zero attached hydrogens (tertiary/aromatic N) is 2. The minimum Gasteiger partial charge on any atom is -0.369 e. The Balaban J connectivity index is 1.98. The van der Waals surface area contributed by atoms with Gasteiger partial charge in [0.15, 0.2) is 0 Å². The predicted molar refractivity (Wildman–Crippen MR) is 79.5 cm³/mol. The molecule has 1 aromatic heterocycles. The summed E-state index contributed by atoms with van der Waals surface area (Å²) in [5, 5.41) is 0.574.